The van der Waals surface area contributed by atoms with Crippen molar-refractivity contribution >= 4 is 11.4 Å². The lowest BCUT2D eigenvalue weighted by Gasteiger charge is -2.16. The molecule has 1 unspecified atom stereocenters. The van der Waals surface area contributed by atoms with Crippen LogP contribution in [-0.4, -0.2) is 25.4 Å². The summed E-state index contributed by atoms with van der Waals surface area (Å²) in [6.45, 7) is 5.48. The van der Waals surface area contributed by atoms with Crippen LogP contribution in [0.2, 0.25) is 0 Å². The van der Waals surface area contributed by atoms with Crippen LogP contribution in [0.15, 0.2) is 17.2 Å². The highest BCUT2D eigenvalue weighted by Crippen LogP contribution is 2.23. The number of hydrogen-bond donors (Lipinski definition) is 1. The van der Waals surface area contributed by atoms with Gasteiger partial charge >= 0.3 is 5.69 Å². The third-order valence-corrected chi connectivity index (χ3v) is 2.75. The second-order valence-electron chi connectivity index (χ2n) is 4.40. The third-order valence-electron chi connectivity index (χ3n) is 2.75. The Bertz CT molecular complexity index is 611. The SMILES string of the molecule is CC(=O)C(c1cc2n[nH]c(=O)n2cn1)C(C)C. The molecule has 0 aromatic carbocycles. The molecule has 17 heavy (non-hydrogen) atoms. The number of fused-ring (bicyclic) bond motifs is 1. The molecule has 1 N–H and O–H groups in total. The van der Waals surface area contributed by atoms with E-state index < -0.39 is 0 Å². The van der Waals surface area contributed by atoms with Gasteiger partial charge in [-0.2, -0.15) is 5.10 Å². The quantitative estimate of drug-likeness (QED) is 0.849. The third kappa shape index (κ3) is 1.98. The Kier molecular flexibility index (Phi) is 2.79. The summed E-state index contributed by atoms with van der Waals surface area (Å²) < 4.78 is 1.31. The Hall–Kier alpha value is -1.98. The molecule has 0 bridgehead atoms. The number of ketones is 1. The summed E-state index contributed by atoms with van der Waals surface area (Å²) in [5, 5.41) is 6.19. The second kappa shape index (κ2) is 4.12. The van der Waals surface area contributed by atoms with Crippen molar-refractivity contribution in [3.05, 3.63) is 28.6 Å². The van der Waals surface area contributed by atoms with Gasteiger partial charge in [-0.25, -0.2) is 19.3 Å². The van der Waals surface area contributed by atoms with Crippen molar-refractivity contribution < 1.29 is 4.79 Å². The normalized spacial score (nSPS) is 13.2. The first kappa shape index (κ1) is 11.5. The van der Waals surface area contributed by atoms with Gasteiger partial charge in [-0.05, 0) is 12.8 Å². The summed E-state index contributed by atoms with van der Waals surface area (Å²) in [6.07, 6.45) is 1.40. The van der Waals surface area contributed by atoms with Gasteiger partial charge in [-0.15, -0.1) is 0 Å². The molecule has 2 rings (SSSR count). The molecule has 2 heterocycles. The fourth-order valence-corrected chi connectivity index (χ4v) is 2.01. The second-order valence-corrected chi connectivity index (χ2v) is 4.40. The van der Waals surface area contributed by atoms with Crippen LogP contribution in [0.4, 0.5) is 0 Å². The lowest BCUT2D eigenvalue weighted by molar-refractivity contribution is -0.119. The predicted molar refractivity (Wildman–Crippen MR) is 61.9 cm³/mol. The number of hydrogen-bond acceptors (Lipinski definition) is 4. The van der Waals surface area contributed by atoms with Gasteiger partial charge in [-0.3, -0.25) is 4.79 Å². The van der Waals surface area contributed by atoms with E-state index in [0.717, 1.165) is 0 Å². The van der Waals surface area contributed by atoms with Crippen molar-refractivity contribution in [2.24, 2.45) is 5.92 Å². The number of Topliss-reactive ketones (excluding diaryl/α,β-unsaturated/α-hetero) is 1. The molecule has 1 atom stereocenters. The fraction of sp³-hybridized carbons (Fsp3) is 0.455. The minimum Gasteiger partial charge on any atom is -0.299 e. The van der Waals surface area contributed by atoms with Crippen molar-refractivity contribution in [1.29, 1.82) is 0 Å². The zero-order chi connectivity index (χ0) is 12.6. The lowest BCUT2D eigenvalue weighted by Crippen LogP contribution is -2.18. The molecule has 0 spiro atoms. The van der Waals surface area contributed by atoms with Gasteiger partial charge in [0.25, 0.3) is 0 Å². The van der Waals surface area contributed by atoms with Crippen molar-refractivity contribution in [1.82, 2.24) is 19.6 Å². The van der Waals surface area contributed by atoms with E-state index in [-0.39, 0.29) is 23.3 Å². The molecule has 6 nitrogen and oxygen atoms in total. The van der Waals surface area contributed by atoms with E-state index in [1.807, 2.05) is 13.8 Å². The molecule has 0 aliphatic rings. The van der Waals surface area contributed by atoms with E-state index in [9.17, 15) is 9.59 Å². The van der Waals surface area contributed by atoms with E-state index in [2.05, 4.69) is 15.2 Å². The van der Waals surface area contributed by atoms with Crippen LogP contribution in [0.25, 0.3) is 5.65 Å². The standard InChI is InChI=1S/C11H14N4O2/c1-6(2)10(7(3)16)8-4-9-13-14-11(17)15(9)5-12-8/h4-6,10H,1-3H3,(H,14,17). The maximum atomic E-state index is 11.6. The Labute approximate surface area is 97.7 Å². The van der Waals surface area contributed by atoms with Crippen molar-refractivity contribution in [2.45, 2.75) is 26.7 Å². The monoisotopic (exact) mass is 234 g/mol. The number of carbonyl (C=O) groups excluding carboxylic acids is 1. The summed E-state index contributed by atoms with van der Waals surface area (Å²) in [4.78, 5) is 27.0. The molecular formula is C11H14N4O2. The number of H-pyrrole nitrogens is 1. The Morgan fingerprint density at radius 2 is 2.18 bits per heavy atom. The van der Waals surface area contributed by atoms with Crippen LogP contribution in [-0.2, 0) is 4.79 Å². The van der Waals surface area contributed by atoms with Gasteiger partial charge in [0.1, 0.15) is 12.1 Å². The van der Waals surface area contributed by atoms with E-state index in [1.54, 1.807) is 13.0 Å². The molecule has 2 aromatic heterocycles. The lowest BCUT2D eigenvalue weighted by atomic mass is 9.89. The van der Waals surface area contributed by atoms with Gasteiger partial charge in [0.15, 0.2) is 5.65 Å². The van der Waals surface area contributed by atoms with Gasteiger partial charge in [-0.1, -0.05) is 13.8 Å². The van der Waals surface area contributed by atoms with Crippen LogP contribution in [0, 0.1) is 5.92 Å². The number of nitrogens with one attached hydrogen (secondary N) is 1. The van der Waals surface area contributed by atoms with Crippen molar-refractivity contribution in [3.8, 4) is 0 Å². The van der Waals surface area contributed by atoms with Crippen LogP contribution >= 0.6 is 0 Å². The van der Waals surface area contributed by atoms with Crippen LogP contribution in [0.1, 0.15) is 32.4 Å². The summed E-state index contributed by atoms with van der Waals surface area (Å²) in [5.74, 6) is -0.0327. The average molecular weight is 234 g/mol. The highest BCUT2D eigenvalue weighted by atomic mass is 16.1. The molecule has 90 valence electrons. The van der Waals surface area contributed by atoms with Crippen LogP contribution < -0.4 is 5.69 Å². The van der Waals surface area contributed by atoms with E-state index in [0.29, 0.717) is 11.3 Å². The maximum absolute atomic E-state index is 11.6. The Morgan fingerprint density at radius 3 is 2.76 bits per heavy atom. The first-order valence-corrected chi connectivity index (χ1v) is 5.44. The van der Waals surface area contributed by atoms with Crippen molar-refractivity contribution in [2.75, 3.05) is 0 Å². The number of carbonyl (C=O) groups is 1. The minimum atomic E-state index is -0.331. The first-order chi connectivity index (χ1) is 8.00. The molecule has 0 amide bonds. The topological polar surface area (TPSA) is 80.1 Å². The Morgan fingerprint density at radius 1 is 1.47 bits per heavy atom. The smallest absolute Gasteiger partial charge is 0.299 e. The zero-order valence-electron chi connectivity index (χ0n) is 9.97. The summed E-state index contributed by atoms with van der Waals surface area (Å²) in [6, 6.07) is 1.67. The molecule has 0 fully saturated rings. The molecule has 2 aromatic rings. The molecule has 0 aliphatic heterocycles. The van der Waals surface area contributed by atoms with Crippen LogP contribution in [0.3, 0.4) is 0 Å². The largest absolute Gasteiger partial charge is 0.348 e. The first-order valence-electron chi connectivity index (χ1n) is 5.44. The summed E-state index contributed by atoms with van der Waals surface area (Å²) in [5.41, 5.74) is 0.800. The molecular weight excluding hydrogens is 220 g/mol. The molecule has 0 radical (unpaired) electrons. The zero-order valence-corrected chi connectivity index (χ0v) is 9.97. The fourth-order valence-electron chi connectivity index (χ4n) is 2.01. The number of aromatic amines is 1. The molecule has 0 saturated carbocycles. The average Bonchev–Trinajstić information content (AvgIpc) is 2.59. The Balaban J connectivity index is 2.55. The van der Waals surface area contributed by atoms with Gasteiger partial charge in [0, 0.05) is 6.07 Å². The predicted octanol–water partition coefficient (Wildman–Crippen LogP) is 0.746. The van der Waals surface area contributed by atoms with Gasteiger partial charge < -0.3 is 0 Å². The van der Waals surface area contributed by atoms with Gasteiger partial charge in [0.2, 0.25) is 0 Å². The van der Waals surface area contributed by atoms with Crippen LogP contribution in [0.5, 0.6) is 0 Å². The highest BCUT2D eigenvalue weighted by Gasteiger charge is 2.22. The maximum Gasteiger partial charge on any atom is 0.348 e. The highest BCUT2D eigenvalue weighted by molar-refractivity contribution is 5.83. The van der Waals surface area contributed by atoms with E-state index in [4.69, 9.17) is 0 Å². The molecule has 6 heteroatoms. The minimum absolute atomic E-state index is 0.0646. The molecule has 0 aliphatic carbocycles. The summed E-state index contributed by atoms with van der Waals surface area (Å²) >= 11 is 0. The van der Waals surface area contributed by atoms with Gasteiger partial charge in [0.05, 0.1) is 11.6 Å². The number of aromatic nitrogens is 4. The van der Waals surface area contributed by atoms with E-state index in [1.165, 1.54) is 10.7 Å². The molecule has 0 saturated heterocycles. The van der Waals surface area contributed by atoms with E-state index >= 15 is 0 Å². The number of rotatable bonds is 3. The number of nitrogens with zero attached hydrogens (tertiary/aromatic N) is 3. The van der Waals surface area contributed by atoms with Crippen molar-refractivity contribution in [3.63, 3.8) is 0 Å². The summed E-state index contributed by atoms with van der Waals surface area (Å²) in [7, 11) is 0.